The summed E-state index contributed by atoms with van der Waals surface area (Å²) in [6.45, 7) is 9.21. The van der Waals surface area contributed by atoms with Gasteiger partial charge >= 0.3 is 5.97 Å². The van der Waals surface area contributed by atoms with Gasteiger partial charge in [-0.2, -0.15) is 0 Å². The molecule has 2 aromatic rings. The quantitative estimate of drug-likeness (QED) is 0.352. The van der Waals surface area contributed by atoms with E-state index in [0.29, 0.717) is 29.4 Å². The number of rotatable bonds is 10. The van der Waals surface area contributed by atoms with Gasteiger partial charge in [-0.3, -0.25) is 19.3 Å². The molecule has 0 aromatic heterocycles. The molecule has 1 aliphatic rings. The first-order valence-corrected chi connectivity index (χ1v) is 12.6. The normalized spacial score (nSPS) is 14.2. The number of esters is 1. The fraction of sp³-hybridized carbons (Fsp3) is 0.333. The molecule has 196 valence electrons. The Morgan fingerprint density at radius 3 is 2.32 bits per heavy atom. The fourth-order valence-electron chi connectivity index (χ4n) is 3.83. The molecular weight excluding hydrogens is 496 g/mol. The highest BCUT2D eigenvalue weighted by molar-refractivity contribution is 8.18. The summed E-state index contributed by atoms with van der Waals surface area (Å²) >= 11 is 0.762. The van der Waals surface area contributed by atoms with Crippen molar-refractivity contribution in [1.29, 1.82) is 0 Å². The molecule has 0 atom stereocenters. The second-order valence-corrected chi connectivity index (χ2v) is 9.32. The van der Waals surface area contributed by atoms with Crippen molar-refractivity contribution in [2.45, 2.75) is 34.6 Å². The third-order valence-electron chi connectivity index (χ3n) is 5.33. The maximum Gasteiger partial charge on any atom is 0.344 e. The minimum Gasteiger partial charge on any atom is -0.490 e. The number of carbonyl (C=O) groups is 4. The van der Waals surface area contributed by atoms with E-state index in [-0.39, 0.29) is 24.7 Å². The second kappa shape index (κ2) is 12.4. The number of carbonyl (C=O) groups excluding carboxylic acids is 4. The van der Waals surface area contributed by atoms with Crippen molar-refractivity contribution in [3.05, 3.63) is 57.5 Å². The first-order valence-electron chi connectivity index (χ1n) is 11.8. The number of nitrogens with one attached hydrogen (secondary N) is 1. The molecule has 0 bridgehead atoms. The van der Waals surface area contributed by atoms with Gasteiger partial charge in [-0.1, -0.05) is 23.8 Å². The summed E-state index contributed by atoms with van der Waals surface area (Å²) in [6.07, 6.45) is 1.55. The van der Waals surface area contributed by atoms with Crippen molar-refractivity contribution in [2.24, 2.45) is 0 Å². The van der Waals surface area contributed by atoms with Crippen LogP contribution in [0.5, 0.6) is 11.5 Å². The van der Waals surface area contributed by atoms with E-state index in [1.165, 1.54) is 0 Å². The predicted octanol–water partition coefficient (Wildman–Crippen LogP) is 4.63. The molecule has 0 saturated carbocycles. The standard InChI is InChI=1S/C27H30N2O7S/c1-6-34-21-12-19(8-9-20(21)36-15-24(31)35-7-2)13-22-26(32)29(27(33)37-22)14-23(30)28-25-17(4)10-16(3)11-18(25)5/h8-13H,6-7,14-15H2,1-5H3,(H,28,30)/b22-13-. The molecule has 1 fully saturated rings. The first kappa shape index (κ1) is 27.8. The summed E-state index contributed by atoms with van der Waals surface area (Å²) in [5, 5.41) is 2.29. The van der Waals surface area contributed by atoms with Crippen LogP contribution >= 0.6 is 11.8 Å². The Labute approximate surface area is 220 Å². The van der Waals surface area contributed by atoms with Gasteiger partial charge in [0.15, 0.2) is 18.1 Å². The van der Waals surface area contributed by atoms with Gasteiger partial charge in [0, 0.05) is 5.69 Å². The molecule has 3 rings (SSSR count). The summed E-state index contributed by atoms with van der Waals surface area (Å²) < 4.78 is 16.0. The molecule has 0 aliphatic carbocycles. The van der Waals surface area contributed by atoms with Gasteiger partial charge in [-0.15, -0.1) is 0 Å². The second-order valence-electron chi connectivity index (χ2n) is 8.32. The van der Waals surface area contributed by atoms with Crippen LogP contribution in [0.1, 0.15) is 36.1 Å². The number of hydrogen-bond donors (Lipinski definition) is 1. The lowest BCUT2D eigenvalue weighted by molar-refractivity contribution is -0.145. The number of anilines is 1. The Morgan fingerprint density at radius 2 is 1.68 bits per heavy atom. The van der Waals surface area contributed by atoms with Crippen molar-refractivity contribution in [2.75, 3.05) is 31.7 Å². The van der Waals surface area contributed by atoms with Crippen LogP contribution in [0.25, 0.3) is 6.08 Å². The lowest BCUT2D eigenvalue weighted by Crippen LogP contribution is -2.36. The number of aryl methyl sites for hydroxylation is 3. The third-order valence-corrected chi connectivity index (χ3v) is 6.24. The number of hydrogen-bond acceptors (Lipinski definition) is 8. The van der Waals surface area contributed by atoms with E-state index in [2.05, 4.69) is 5.32 Å². The maximum absolute atomic E-state index is 12.9. The zero-order chi connectivity index (χ0) is 27.1. The number of benzene rings is 2. The molecular formula is C27H30N2O7S. The van der Waals surface area contributed by atoms with Gasteiger partial charge in [0.05, 0.1) is 18.1 Å². The van der Waals surface area contributed by atoms with Gasteiger partial charge in [0.25, 0.3) is 11.1 Å². The summed E-state index contributed by atoms with van der Waals surface area (Å²) in [7, 11) is 0. The minimum absolute atomic E-state index is 0.183. The average molecular weight is 527 g/mol. The third kappa shape index (κ3) is 7.13. The van der Waals surface area contributed by atoms with Gasteiger partial charge < -0.3 is 19.5 Å². The molecule has 0 unspecified atom stereocenters. The van der Waals surface area contributed by atoms with Crippen molar-refractivity contribution in [3.8, 4) is 11.5 Å². The smallest absolute Gasteiger partial charge is 0.344 e. The van der Waals surface area contributed by atoms with E-state index in [1.54, 1.807) is 38.1 Å². The van der Waals surface area contributed by atoms with Crippen molar-refractivity contribution >= 4 is 46.5 Å². The highest BCUT2D eigenvalue weighted by atomic mass is 32.2. The molecule has 9 nitrogen and oxygen atoms in total. The van der Waals surface area contributed by atoms with Crippen molar-refractivity contribution in [3.63, 3.8) is 0 Å². The van der Waals surface area contributed by atoms with Crippen LogP contribution in [0, 0.1) is 20.8 Å². The maximum atomic E-state index is 12.9. The summed E-state index contributed by atoms with van der Waals surface area (Å²) in [5.74, 6) is -0.788. The number of thioether (sulfide) groups is 1. The molecule has 1 N–H and O–H groups in total. The monoisotopic (exact) mass is 526 g/mol. The highest BCUT2D eigenvalue weighted by Gasteiger charge is 2.36. The van der Waals surface area contributed by atoms with Crippen LogP contribution in [0.3, 0.4) is 0 Å². The van der Waals surface area contributed by atoms with Gasteiger partial charge in [0.2, 0.25) is 5.91 Å². The Kier molecular flexibility index (Phi) is 9.35. The Morgan fingerprint density at radius 1 is 0.973 bits per heavy atom. The minimum atomic E-state index is -0.553. The Bertz CT molecular complexity index is 1230. The van der Waals surface area contributed by atoms with E-state index in [4.69, 9.17) is 14.2 Å². The van der Waals surface area contributed by atoms with E-state index in [1.807, 2.05) is 32.9 Å². The Balaban J connectivity index is 1.72. The molecule has 3 amide bonds. The first-order chi connectivity index (χ1) is 17.6. The molecule has 37 heavy (non-hydrogen) atoms. The predicted molar refractivity (Wildman–Crippen MR) is 142 cm³/mol. The van der Waals surface area contributed by atoms with Gasteiger partial charge in [-0.05, 0) is 81.3 Å². The average Bonchev–Trinajstić information content (AvgIpc) is 3.08. The van der Waals surface area contributed by atoms with Crippen LogP contribution in [0.2, 0.25) is 0 Å². The van der Waals surface area contributed by atoms with E-state index < -0.39 is 23.0 Å². The number of imide groups is 1. The zero-order valence-electron chi connectivity index (χ0n) is 21.5. The van der Waals surface area contributed by atoms with Gasteiger partial charge in [-0.25, -0.2) is 4.79 Å². The molecule has 0 radical (unpaired) electrons. The fourth-order valence-corrected chi connectivity index (χ4v) is 4.67. The lowest BCUT2D eigenvalue weighted by atomic mass is 10.1. The molecule has 10 heteroatoms. The number of nitrogens with zero attached hydrogens (tertiary/aromatic N) is 1. The highest BCUT2D eigenvalue weighted by Crippen LogP contribution is 2.35. The molecule has 0 spiro atoms. The molecule has 1 aliphatic heterocycles. The van der Waals surface area contributed by atoms with E-state index in [0.717, 1.165) is 33.4 Å². The molecule has 1 heterocycles. The topological polar surface area (TPSA) is 111 Å². The van der Waals surface area contributed by atoms with Crippen molar-refractivity contribution < 1.29 is 33.4 Å². The molecule has 1 saturated heterocycles. The van der Waals surface area contributed by atoms with Crippen molar-refractivity contribution in [1.82, 2.24) is 4.90 Å². The van der Waals surface area contributed by atoms with Gasteiger partial charge in [0.1, 0.15) is 6.54 Å². The number of ether oxygens (including phenoxy) is 3. The van der Waals surface area contributed by atoms with Crippen LogP contribution in [-0.2, 0) is 19.1 Å². The SMILES string of the molecule is CCOC(=O)COc1ccc(/C=C2\SC(=O)N(CC(=O)Nc3c(C)cc(C)cc3C)C2=O)cc1OCC. The Hall–Kier alpha value is -3.79. The van der Waals surface area contributed by atoms with Crippen LogP contribution in [0.15, 0.2) is 35.2 Å². The summed E-state index contributed by atoms with van der Waals surface area (Å²) in [4.78, 5) is 50.8. The molecule has 2 aromatic carbocycles. The summed E-state index contributed by atoms with van der Waals surface area (Å²) in [6, 6.07) is 8.84. The lowest BCUT2D eigenvalue weighted by Gasteiger charge is -2.16. The number of amides is 3. The van der Waals surface area contributed by atoms with Crippen LogP contribution in [-0.4, -0.2) is 54.3 Å². The van der Waals surface area contributed by atoms with Crippen LogP contribution < -0.4 is 14.8 Å². The zero-order valence-corrected chi connectivity index (χ0v) is 22.3. The van der Waals surface area contributed by atoms with Crippen LogP contribution in [0.4, 0.5) is 10.5 Å². The largest absolute Gasteiger partial charge is 0.490 e. The van der Waals surface area contributed by atoms with E-state index >= 15 is 0 Å². The summed E-state index contributed by atoms with van der Waals surface area (Å²) in [5.41, 5.74) is 4.15. The van der Waals surface area contributed by atoms with E-state index in [9.17, 15) is 19.2 Å².